The predicted molar refractivity (Wildman–Crippen MR) is 136 cm³/mol. The van der Waals surface area contributed by atoms with Crippen LogP contribution in [-0.4, -0.2) is 58.5 Å². The Kier molecular flexibility index (Phi) is 9.38. The van der Waals surface area contributed by atoms with Crippen LogP contribution in [0.2, 0.25) is 0 Å². The molecule has 37 heavy (non-hydrogen) atoms. The van der Waals surface area contributed by atoms with Crippen LogP contribution in [0.3, 0.4) is 0 Å². The van der Waals surface area contributed by atoms with Crippen molar-refractivity contribution in [2.75, 3.05) is 6.54 Å². The summed E-state index contributed by atoms with van der Waals surface area (Å²) < 4.78 is 14.5. The molecule has 1 heterocycles. The van der Waals surface area contributed by atoms with Crippen LogP contribution in [-0.2, 0) is 19.2 Å². The van der Waals surface area contributed by atoms with Gasteiger partial charge < -0.3 is 20.6 Å². The number of carboxylic acids is 1. The first-order valence-corrected chi connectivity index (χ1v) is 12.5. The highest BCUT2D eigenvalue weighted by Gasteiger charge is 2.42. The zero-order valence-electron chi connectivity index (χ0n) is 21.3. The molecule has 198 valence electrons. The molecule has 1 fully saturated rings. The van der Waals surface area contributed by atoms with Crippen molar-refractivity contribution in [3.63, 3.8) is 0 Å². The van der Waals surface area contributed by atoms with Crippen LogP contribution in [0.25, 0.3) is 0 Å². The molecule has 0 spiro atoms. The second-order valence-electron chi connectivity index (χ2n) is 9.70. The number of aliphatic carboxylic acids is 1. The normalized spacial score (nSPS) is 18.8. The van der Waals surface area contributed by atoms with E-state index < -0.39 is 48.0 Å². The Balaban J connectivity index is 1.85. The van der Waals surface area contributed by atoms with E-state index in [1.54, 1.807) is 0 Å². The monoisotopic (exact) mass is 511 g/mol. The number of hydrogen-bond acceptors (Lipinski definition) is 4. The molecule has 3 N–H and O–H groups in total. The van der Waals surface area contributed by atoms with Crippen LogP contribution in [0.4, 0.5) is 4.39 Å². The van der Waals surface area contributed by atoms with Crippen LogP contribution in [0.15, 0.2) is 54.6 Å². The summed E-state index contributed by atoms with van der Waals surface area (Å²) in [6.45, 7) is 5.09. The number of alkyl halides is 1. The van der Waals surface area contributed by atoms with Crippen molar-refractivity contribution in [3.05, 3.63) is 71.3 Å². The number of benzene rings is 2. The maximum absolute atomic E-state index is 14.5. The Morgan fingerprint density at radius 2 is 1.57 bits per heavy atom. The molecular formula is C28H34FN3O5. The summed E-state index contributed by atoms with van der Waals surface area (Å²) in [5.74, 6) is -2.49. The van der Waals surface area contributed by atoms with E-state index in [9.17, 15) is 23.6 Å². The van der Waals surface area contributed by atoms with Gasteiger partial charge in [-0.25, -0.2) is 4.39 Å². The molecule has 2 aromatic carbocycles. The fourth-order valence-electron chi connectivity index (χ4n) is 4.56. The van der Waals surface area contributed by atoms with Crippen molar-refractivity contribution in [2.45, 2.75) is 70.2 Å². The van der Waals surface area contributed by atoms with E-state index in [1.165, 1.54) is 6.92 Å². The number of halogens is 1. The fraction of sp³-hybridized carbons (Fsp3) is 0.429. The number of rotatable bonds is 10. The minimum atomic E-state index is -1.42. The molecule has 1 aliphatic rings. The lowest BCUT2D eigenvalue weighted by Crippen LogP contribution is -2.53. The molecule has 0 bridgehead atoms. The highest BCUT2D eigenvalue weighted by Crippen LogP contribution is 2.27. The van der Waals surface area contributed by atoms with Gasteiger partial charge in [0, 0.05) is 19.8 Å². The quantitative estimate of drug-likeness (QED) is 0.453. The van der Waals surface area contributed by atoms with Crippen LogP contribution < -0.4 is 10.6 Å². The van der Waals surface area contributed by atoms with E-state index in [1.807, 2.05) is 54.6 Å². The lowest BCUT2D eigenvalue weighted by atomic mass is 9.95. The molecule has 3 rings (SSSR count). The first-order valence-electron chi connectivity index (χ1n) is 12.5. The fourth-order valence-corrected chi connectivity index (χ4v) is 4.56. The average molecular weight is 512 g/mol. The maximum Gasteiger partial charge on any atom is 0.303 e. The zero-order chi connectivity index (χ0) is 27.1. The lowest BCUT2D eigenvalue weighted by molar-refractivity contribution is -0.142. The lowest BCUT2D eigenvalue weighted by Gasteiger charge is -2.30. The van der Waals surface area contributed by atoms with Crippen molar-refractivity contribution in [1.29, 1.82) is 0 Å². The third-order valence-corrected chi connectivity index (χ3v) is 6.51. The van der Waals surface area contributed by atoms with Gasteiger partial charge in [-0.2, -0.15) is 0 Å². The third kappa shape index (κ3) is 7.38. The molecule has 0 radical (unpaired) electrons. The summed E-state index contributed by atoms with van der Waals surface area (Å²) in [4.78, 5) is 50.6. The SMILES string of the molecule is CC(=O)NC(CCC(=O)O)C(=O)N1CC(F)CC1C(=O)NC(c1ccccc1)c1ccc(C(C)C)cc1. The highest BCUT2D eigenvalue weighted by atomic mass is 19.1. The molecule has 9 heteroatoms. The van der Waals surface area contributed by atoms with Gasteiger partial charge in [0.25, 0.3) is 0 Å². The molecule has 3 amide bonds. The minimum Gasteiger partial charge on any atom is -0.481 e. The largest absolute Gasteiger partial charge is 0.481 e. The summed E-state index contributed by atoms with van der Waals surface area (Å²) >= 11 is 0. The molecule has 1 saturated heterocycles. The zero-order valence-corrected chi connectivity index (χ0v) is 21.3. The van der Waals surface area contributed by atoms with Gasteiger partial charge in [-0.3, -0.25) is 19.2 Å². The molecule has 4 atom stereocenters. The van der Waals surface area contributed by atoms with Crippen molar-refractivity contribution >= 4 is 23.7 Å². The van der Waals surface area contributed by atoms with Crippen molar-refractivity contribution in [2.24, 2.45) is 0 Å². The van der Waals surface area contributed by atoms with Crippen molar-refractivity contribution in [3.8, 4) is 0 Å². The van der Waals surface area contributed by atoms with E-state index in [4.69, 9.17) is 5.11 Å². The van der Waals surface area contributed by atoms with E-state index in [0.717, 1.165) is 21.6 Å². The van der Waals surface area contributed by atoms with Crippen LogP contribution in [0, 0.1) is 0 Å². The first kappa shape index (κ1) is 27.8. The van der Waals surface area contributed by atoms with E-state index in [-0.39, 0.29) is 25.8 Å². The summed E-state index contributed by atoms with van der Waals surface area (Å²) in [6.07, 6.45) is -2.12. The Morgan fingerprint density at radius 1 is 0.973 bits per heavy atom. The number of nitrogens with zero attached hydrogens (tertiary/aromatic N) is 1. The Bertz CT molecular complexity index is 1110. The molecule has 1 aliphatic heterocycles. The maximum atomic E-state index is 14.5. The van der Waals surface area contributed by atoms with Gasteiger partial charge in [0.15, 0.2) is 0 Å². The number of likely N-dealkylation sites (tertiary alicyclic amines) is 1. The summed E-state index contributed by atoms with van der Waals surface area (Å²) in [5.41, 5.74) is 2.83. The standard InChI is InChI=1S/C28H34FN3O5/c1-17(2)19-9-11-21(12-10-19)26(20-7-5-4-6-8-20)31-27(36)24-15-22(29)16-32(24)28(37)23(30-18(3)33)13-14-25(34)35/h4-12,17,22-24,26H,13-16H2,1-3H3,(H,30,33)(H,31,36)(H,34,35). The number of carboxylic acid groups (broad SMARTS) is 1. The minimum absolute atomic E-state index is 0.162. The second kappa shape index (κ2) is 12.5. The van der Waals surface area contributed by atoms with Crippen molar-refractivity contribution < 1.29 is 28.7 Å². The van der Waals surface area contributed by atoms with E-state index in [0.29, 0.717) is 5.92 Å². The Hall–Kier alpha value is -3.75. The van der Waals surface area contributed by atoms with Crippen molar-refractivity contribution in [1.82, 2.24) is 15.5 Å². The van der Waals surface area contributed by atoms with E-state index >= 15 is 0 Å². The van der Waals surface area contributed by atoms with Gasteiger partial charge in [0.1, 0.15) is 18.3 Å². The van der Waals surface area contributed by atoms with Crippen LogP contribution in [0.5, 0.6) is 0 Å². The van der Waals surface area contributed by atoms with Crippen LogP contribution >= 0.6 is 0 Å². The van der Waals surface area contributed by atoms with Gasteiger partial charge in [-0.1, -0.05) is 68.4 Å². The predicted octanol–water partition coefficient (Wildman–Crippen LogP) is 3.32. The first-order chi connectivity index (χ1) is 17.6. The van der Waals surface area contributed by atoms with Crippen LogP contribution in [0.1, 0.15) is 68.7 Å². The average Bonchev–Trinajstić information content (AvgIpc) is 3.26. The number of amides is 3. The van der Waals surface area contributed by atoms with Gasteiger partial charge >= 0.3 is 5.97 Å². The third-order valence-electron chi connectivity index (χ3n) is 6.51. The molecule has 2 aromatic rings. The highest BCUT2D eigenvalue weighted by molar-refractivity contribution is 5.93. The summed E-state index contributed by atoms with van der Waals surface area (Å²) in [6, 6.07) is 14.5. The number of carbonyl (C=O) groups excluding carboxylic acids is 3. The van der Waals surface area contributed by atoms with E-state index in [2.05, 4.69) is 24.5 Å². The van der Waals surface area contributed by atoms with Gasteiger partial charge in [-0.05, 0) is 29.0 Å². The molecule has 4 unspecified atom stereocenters. The van der Waals surface area contributed by atoms with Gasteiger partial charge in [0.2, 0.25) is 17.7 Å². The number of carbonyl (C=O) groups is 4. The topological polar surface area (TPSA) is 116 Å². The molecule has 0 saturated carbocycles. The molecule has 0 aromatic heterocycles. The molecule has 0 aliphatic carbocycles. The molecular weight excluding hydrogens is 477 g/mol. The summed E-state index contributed by atoms with van der Waals surface area (Å²) in [7, 11) is 0. The van der Waals surface area contributed by atoms with Gasteiger partial charge in [0.05, 0.1) is 12.6 Å². The second-order valence-corrected chi connectivity index (χ2v) is 9.70. The summed E-state index contributed by atoms with van der Waals surface area (Å²) in [5, 5.41) is 14.5. The number of nitrogens with one attached hydrogen (secondary N) is 2. The van der Waals surface area contributed by atoms with Gasteiger partial charge in [-0.15, -0.1) is 0 Å². The Morgan fingerprint density at radius 3 is 2.14 bits per heavy atom. The Labute approximate surface area is 216 Å². The number of hydrogen-bond donors (Lipinski definition) is 3. The smallest absolute Gasteiger partial charge is 0.303 e. The molecule has 8 nitrogen and oxygen atoms in total.